The van der Waals surface area contributed by atoms with Crippen molar-refractivity contribution < 1.29 is 18.7 Å². The number of halogens is 3. The van der Waals surface area contributed by atoms with Crippen LogP contribution < -0.4 is 0 Å². The Labute approximate surface area is 142 Å². The van der Waals surface area contributed by atoms with Crippen molar-refractivity contribution >= 4 is 32.8 Å². The van der Waals surface area contributed by atoms with Crippen LogP contribution in [-0.2, 0) is 17.8 Å². The van der Waals surface area contributed by atoms with Gasteiger partial charge in [-0.3, -0.25) is 4.68 Å². The second-order valence-corrected chi connectivity index (χ2v) is 6.62. The summed E-state index contributed by atoms with van der Waals surface area (Å²) >= 11 is 3.18. The average Bonchev–Trinajstić information content (AvgIpc) is 3.14. The third-order valence-corrected chi connectivity index (χ3v) is 4.56. The van der Waals surface area contributed by atoms with Crippen LogP contribution in [0.5, 0.6) is 0 Å². The highest BCUT2D eigenvalue weighted by atomic mass is 79.9. The summed E-state index contributed by atoms with van der Waals surface area (Å²) in [7, 11) is 0. The first kappa shape index (κ1) is 15.3. The van der Waals surface area contributed by atoms with Crippen molar-refractivity contribution in [2.24, 2.45) is 0 Å². The van der Waals surface area contributed by atoms with Crippen LogP contribution >= 0.6 is 15.9 Å². The number of nitrogens with zero attached hydrogens (tertiary/aromatic N) is 4. The zero-order chi connectivity index (χ0) is 17.0. The molecular formula is C15H11BrF2N4O2. The van der Waals surface area contributed by atoms with Gasteiger partial charge in [-0.05, 0) is 12.1 Å². The van der Waals surface area contributed by atoms with Crippen molar-refractivity contribution in [3.8, 4) is 0 Å². The van der Waals surface area contributed by atoms with E-state index in [4.69, 9.17) is 0 Å². The van der Waals surface area contributed by atoms with E-state index < -0.39 is 24.0 Å². The molecule has 2 atom stereocenters. The molecule has 0 saturated carbocycles. The normalized spacial score (nSPS) is 18.0. The number of rotatable bonds is 3. The topological polar surface area (TPSA) is 72.9 Å². The van der Waals surface area contributed by atoms with Gasteiger partial charge in [0.2, 0.25) is 0 Å². The summed E-state index contributed by atoms with van der Waals surface area (Å²) in [6.07, 6.45) is 1.82. The predicted molar refractivity (Wildman–Crippen MR) is 84.0 cm³/mol. The highest BCUT2D eigenvalue weighted by Gasteiger charge is 2.33. The fourth-order valence-corrected chi connectivity index (χ4v) is 3.49. The predicted octanol–water partition coefficient (Wildman–Crippen LogP) is 2.70. The number of fused-ring (bicyclic) bond motifs is 2. The molecule has 0 radical (unpaired) electrons. The molecule has 0 saturated heterocycles. The molecule has 0 aliphatic carbocycles. The van der Waals surface area contributed by atoms with Crippen LogP contribution in [0.25, 0.3) is 10.9 Å². The van der Waals surface area contributed by atoms with Crippen molar-refractivity contribution in [3.63, 3.8) is 0 Å². The maximum atomic E-state index is 14.0. The number of hydrogen-bond donors (Lipinski definition) is 1. The highest BCUT2D eigenvalue weighted by molar-refractivity contribution is 9.10. The maximum absolute atomic E-state index is 14.0. The molecule has 4 rings (SSSR count). The Kier molecular flexibility index (Phi) is 3.41. The average molecular weight is 397 g/mol. The molecular weight excluding hydrogens is 386 g/mol. The molecule has 24 heavy (non-hydrogen) atoms. The van der Waals surface area contributed by atoms with Gasteiger partial charge < -0.3 is 9.67 Å². The molecule has 2 unspecified atom stereocenters. The van der Waals surface area contributed by atoms with Gasteiger partial charge >= 0.3 is 5.97 Å². The summed E-state index contributed by atoms with van der Waals surface area (Å²) in [6, 6.07) is 1.65. The number of carboxylic acid groups (broad SMARTS) is 1. The summed E-state index contributed by atoms with van der Waals surface area (Å²) < 4.78 is 30.9. The first-order chi connectivity index (χ1) is 11.4. The molecule has 1 aliphatic heterocycles. The number of benzene rings is 1. The van der Waals surface area contributed by atoms with Crippen molar-refractivity contribution in [1.82, 2.24) is 19.3 Å². The van der Waals surface area contributed by atoms with E-state index in [2.05, 4.69) is 26.0 Å². The lowest BCUT2D eigenvalue weighted by Gasteiger charge is -2.12. The molecule has 0 spiro atoms. The monoisotopic (exact) mass is 396 g/mol. The summed E-state index contributed by atoms with van der Waals surface area (Å²) in [6.45, 7) is 0.164. The SMILES string of the molecule is O=C(O)C(c1ncn2c1CC(F)C2)n1cc2c(F)cc(Br)cc2n1. The van der Waals surface area contributed by atoms with E-state index in [0.29, 0.717) is 15.7 Å². The molecule has 6 nitrogen and oxygen atoms in total. The molecule has 2 aromatic heterocycles. The summed E-state index contributed by atoms with van der Waals surface area (Å²) in [4.78, 5) is 15.9. The molecule has 1 N–H and O–H groups in total. The molecule has 0 amide bonds. The molecule has 3 aromatic rings. The van der Waals surface area contributed by atoms with Crippen molar-refractivity contribution in [1.29, 1.82) is 0 Å². The van der Waals surface area contributed by atoms with Gasteiger partial charge in [0.1, 0.15) is 12.0 Å². The lowest BCUT2D eigenvalue weighted by molar-refractivity contribution is -0.139. The first-order valence-electron chi connectivity index (χ1n) is 7.18. The molecule has 124 valence electrons. The number of alkyl halides is 1. The van der Waals surface area contributed by atoms with E-state index in [1.165, 1.54) is 18.6 Å². The van der Waals surface area contributed by atoms with Crippen LogP contribution in [0.4, 0.5) is 8.78 Å². The number of carbonyl (C=O) groups is 1. The Morgan fingerprint density at radius 3 is 3.00 bits per heavy atom. The van der Waals surface area contributed by atoms with E-state index in [9.17, 15) is 18.7 Å². The Bertz CT molecular complexity index is 968. The number of hydrogen-bond acceptors (Lipinski definition) is 3. The second kappa shape index (κ2) is 5.37. The summed E-state index contributed by atoms with van der Waals surface area (Å²) in [5, 5.41) is 14.0. The quantitative estimate of drug-likeness (QED) is 0.738. The smallest absolute Gasteiger partial charge is 0.334 e. The van der Waals surface area contributed by atoms with Gasteiger partial charge in [-0.2, -0.15) is 5.10 Å². The summed E-state index contributed by atoms with van der Waals surface area (Å²) in [5.74, 6) is -1.69. The van der Waals surface area contributed by atoms with Gasteiger partial charge in [0.25, 0.3) is 0 Å². The lowest BCUT2D eigenvalue weighted by Crippen LogP contribution is -2.22. The minimum atomic E-state index is -1.24. The van der Waals surface area contributed by atoms with Gasteiger partial charge in [-0.1, -0.05) is 15.9 Å². The van der Waals surface area contributed by atoms with Crippen molar-refractivity contribution in [2.45, 2.75) is 25.2 Å². The zero-order valence-electron chi connectivity index (χ0n) is 12.2. The van der Waals surface area contributed by atoms with E-state index in [0.717, 1.165) is 4.68 Å². The molecule has 0 fully saturated rings. The standard InChI is InChI=1S/C15H11BrF2N4O2/c16-7-1-10(18)9-5-22(20-11(9)2-7)14(15(23)24)13-12-3-8(17)4-21(12)6-19-13/h1-2,5-6,8,14H,3-4H2,(H,23,24). The van der Waals surface area contributed by atoms with Crippen LogP contribution in [0.3, 0.4) is 0 Å². The van der Waals surface area contributed by atoms with Crippen LogP contribution in [0.2, 0.25) is 0 Å². The highest BCUT2D eigenvalue weighted by Crippen LogP contribution is 2.29. The van der Waals surface area contributed by atoms with Crippen molar-refractivity contribution in [2.75, 3.05) is 0 Å². The lowest BCUT2D eigenvalue weighted by atomic mass is 10.1. The second-order valence-electron chi connectivity index (χ2n) is 5.70. The van der Waals surface area contributed by atoms with Gasteiger partial charge in [0.05, 0.1) is 29.5 Å². The van der Waals surface area contributed by atoms with E-state index >= 15 is 0 Å². The fraction of sp³-hybridized carbons (Fsp3) is 0.267. The number of aliphatic carboxylic acids is 1. The molecule has 1 aromatic carbocycles. The maximum Gasteiger partial charge on any atom is 0.334 e. The summed E-state index contributed by atoms with van der Waals surface area (Å²) in [5.41, 5.74) is 1.10. The first-order valence-corrected chi connectivity index (χ1v) is 7.98. The molecule has 0 bridgehead atoms. The Balaban J connectivity index is 1.86. The largest absolute Gasteiger partial charge is 0.479 e. The van der Waals surface area contributed by atoms with Gasteiger partial charge in [0, 0.05) is 22.8 Å². The van der Waals surface area contributed by atoms with E-state index in [1.807, 2.05) is 0 Å². The van der Waals surface area contributed by atoms with Gasteiger partial charge in [0.15, 0.2) is 6.04 Å². The van der Waals surface area contributed by atoms with Crippen LogP contribution in [0.15, 0.2) is 29.1 Å². The van der Waals surface area contributed by atoms with Crippen LogP contribution in [0.1, 0.15) is 17.4 Å². The Morgan fingerprint density at radius 1 is 1.46 bits per heavy atom. The Morgan fingerprint density at radius 2 is 2.25 bits per heavy atom. The van der Waals surface area contributed by atoms with Crippen LogP contribution in [0, 0.1) is 5.82 Å². The van der Waals surface area contributed by atoms with Crippen molar-refractivity contribution in [3.05, 3.63) is 46.3 Å². The molecule has 9 heteroatoms. The van der Waals surface area contributed by atoms with Crippen LogP contribution in [-0.4, -0.2) is 36.6 Å². The number of imidazole rings is 1. The fourth-order valence-electron chi connectivity index (χ4n) is 3.07. The third-order valence-electron chi connectivity index (χ3n) is 4.10. The zero-order valence-corrected chi connectivity index (χ0v) is 13.7. The third kappa shape index (κ3) is 2.31. The van der Waals surface area contributed by atoms with Gasteiger partial charge in [-0.25, -0.2) is 18.6 Å². The Hall–Kier alpha value is -2.29. The molecule has 3 heterocycles. The molecule has 1 aliphatic rings. The minimum absolute atomic E-state index is 0.111. The number of carboxylic acids is 1. The van der Waals surface area contributed by atoms with E-state index in [-0.39, 0.29) is 24.0 Å². The van der Waals surface area contributed by atoms with E-state index in [1.54, 1.807) is 10.6 Å². The van der Waals surface area contributed by atoms with Gasteiger partial charge in [-0.15, -0.1) is 0 Å². The minimum Gasteiger partial charge on any atom is -0.479 e. The number of aromatic nitrogens is 4.